The van der Waals surface area contributed by atoms with Gasteiger partial charge in [0.2, 0.25) is 0 Å². The molecule has 1 aliphatic rings. The third-order valence-electron chi connectivity index (χ3n) is 2.25. The van der Waals surface area contributed by atoms with Gasteiger partial charge in [-0.15, -0.1) is 0 Å². The van der Waals surface area contributed by atoms with Crippen molar-refractivity contribution in [2.75, 3.05) is 5.06 Å². The van der Waals surface area contributed by atoms with Gasteiger partial charge >= 0.3 is 6.18 Å². The van der Waals surface area contributed by atoms with E-state index < -0.39 is 24.1 Å². The average Bonchev–Trinajstić information content (AvgIpc) is 2.41. The van der Waals surface area contributed by atoms with E-state index in [0.717, 1.165) is 12.1 Å². The number of carbonyl (C=O) groups is 1. The Balaban J connectivity index is 2.60. The van der Waals surface area contributed by atoms with Crippen LogP contribution in [0.3, 0.4) is 0 Å². The van der Waals surface area contributed by atoms with Crippen LogP contribution in [0.5, 0.6) is 0 Å². The van der Waals surface area contributed by atoms with Crippen molar-refractivity contribution >= 4 is 11.6 Å². The zero-order chi connectivity index (χ0) is 11.2. The Labute approximate surface area is 82.7 Å². The van der Waals surface area contributed by atoms with Crippen LogP contribution < -0.4 is 5.06 Å². The summed E-state index contributed by atoms with van der Waals surface area (Å²) >= 11 is 0. The number of hydroxylamine groups is 1. The van der Waals surface area contributed by atoms with Crippen molar-refractivity contribution in [1.82, 2.24) is 0 Å². The van der Waals surface area contributed by atoms with Gasteiger partial charge in [-0.1, -0.05) is 6.07 Å². The van der Waals surface area contributed by atoms with Crippen molar-refractivity contribution in [3.05, 3.63) is 29.3 Å². The number of hydrogen-bond donors (Lipinski definition) is 1. The summed E-state index contributed by atoms with van der Waals surface area (Å²) in [5.74, 6) is -0.748. The van der Waals surface area contributed by atoms with Crippen LogP contribution in [-0.2, 0) is 17.4 Å². The van der Waals surface area contributed by atoms with Gasteiger partial charge in [-0.2, -0.15) is 18.2 Å². The summed E-state index contributed by atoms with van der Waals surface area (Å²) in [7, 11) is 0. The fraction of sp³-hybridized carbons (Fsp3) is 0.222. The van der Waals surface area contributed by atoms with E-state index in [4.69, 9.17) is 5.21 Å². The summed E-state index contributed by atoms with van der Waals surface area (Å²) in [6.45, 7) is 0. The molecule has 0 unspecified atom stereocenters. The van der Waals surface area contributed by atoms with E-state index in [2.05, 4.69) is 0 Å². The molecule has 0 saturated carbocycles. The Kier molecular flexibility index (Phi) is 1.97. The lowest BCUT2D eigenvalue weighted by Gasteiger charge is -2.11. The molecule has 0 spiro atoms. The minimum absolute atomic E-state index is 0.0881. The third kappa shape index (κ3) is 1.46. The molecule has 6 heteroatoms. The molecular weight excluding hydrogens is 211 g/mol. The second-order valence-corrected chi connectivity index (χ2v) is 3.18. The second kappa shape index (κ2) is 2.96. The average molecular weight is 217 g/mol. The van der Waals surface area contributed by atoms with Gasteiger partial charge < -0.3 is 0 Å². The molecule has 1 N–H and O–H groups in total. The lowest BCUT2D eigenvalue weighted by atomic mass is 10.0. The number of fused-ring (bicyclic) bond motifs is 1. The van der Waals surface area contributed by atoms with E-state index in [-0.39, 0.29) is 16.3 Å². The summed E-state index contributed by atoms with van der Waals surface area (Å²) in [5, 5.41) is 9.41. The van der Waals surface area contributed by atoms with Crippen LogP contribution in [0.1, 0.15) is 11.1 Å². The summed E-state index contributed by atoms with van der Waals surface area (Å²) < 4.78 is 37.5. The fourth-order valence-corrected chi connectivity index (χ4v) is 1.58. The van der Waals surface area contributed by atoms with Crippen molar-refractivity contribution in [1.29, 1.82) is 0 Å². The van der Waals surface area contributed by atoms with Crippen LogP contribution in [0.15, 0.2) is 18.2 Å². The Hall–Kier alpha value is -1.56. The third-order valence-corrected chi connectivity index (χ3v) is 2.25. The lowest BCUT2D eigenvalue weighted by Crippen LogP contribution is -2.21. The van der Waals surface area contributed by atoms with Crippen molar-refractivity contribution in [2.24, 2.45) is 0 Å². The van der Waals surface area contributed by atoms with Gasteiger partial charge in [0.15, 0.2) is 0 Å². The molecule has 15 heavy (non-hydrogen) atoms. The molecule has 0 saturated heterocycles. The minimum Gasteiger partial charge on any atom is -0.281 e. The number of hydrogen-bond acceptors (Lipinski definition) is 2. The molecule has 1 aromatic carbocycles. The Morgan fingerprint density at radius 2 is 2.00 bits per heavy atom. The molecule has 0 aliphatic carbocycles. The molecule has 1 aromatic rings. The minimum atomic E-state index is -4.50. The summed E-state index contributed by atoms with van der Waals surface area (Å²) in [4.78, 5) is 11.0. The highest BCUT2D eigenvalue weighted by atomic mass is 19.4. The van der Waals surface area contributed by atoms with Gasteiger partial charge in [-0.05, 0) is 17.7 Å². The Bertz CT molecular complexity index is 428. The lowest BCUT2D eigenvalue weighted by molar-refractivity contribution is -0.138. The summed E-state index contributed by atoms with van der Waals surface area (Å²) in [6.07, 6.45) is -4.92. The summed E-state index contributed by atoms with van der Waals surface area (Å²) in [5.41, 5.74) is -1.13. The van der Waals surface area contributed by atoms with Gasteiger partial charge in [0, 0.05) is 0 Å². The molecule has 1 aliphatic heterocycles. The van der Waals surface area contributed by atoms with Crippen molar-refractivity contribution in [2.45, 2.75) is 12.6 Å². The first kappa shape index (κ1) is 9.97. The zero-order valence-corrected chi connectivity index (χ0v) is 7.38. The molecule has 0 aromatic heterocycles. The molecule has 0 bridgehead atoms. The van der Waals surface area contributed by atoms with Gasteiger partial charge in [0.05, 0.1) is 17.7 Å². The maximum Gasteiger partial charge on any atom is 0.416 e. The molecule has 1 heterocycles. The first-order chi connectivity index (χ1) is 6.91. The normalized spacial score (nSPS) is 15.7. The Morgan fingerprint density at radius 1 is 1.33 bits per heavy atom. The number of halogens is 3. The van der Waals surface area contributed by atoms with Crippen LogP contribution in [0.25, 0.3) is 0 Å². The van der Waals surface area contributed by atoms with E-state index in [9.17, 15) is 18.0 Å². The number of carbonyl (C=O) groups excluding carboxylic acids is 1. The number of amides is 1. The Morgan fingerprint density at radius 3 is 2.60 bits per heavy atom. The number of nitrogens with zero attached hydrogens (tertiary/aromatic N) is 1. The van der Waals surface area contributed by atoms with E-state index in [1.165, 1.54) is 6.07 Å². The van der Waals surface area contributed by atoms with Crippen LogP contribution >= 0.6 is 0 Å². The first-order valence-corrected chi connectivity index (χ1v) is 4.12. The second-order valence-electron chi connectivity index (χ2n) is 3.18. The molecular formula is C9H6F3NO2. The largest absolute Gasteiger partial charge is 0.416 e. The maximum atomic E-state index is 12.5. The maximum absolute atomic E-state index is 12.5. The van der Waals surface area contributed by atoms with Crippen LogP contribution in [0, 0.1) is 0 Å². The molecule has 2 rings (SSSR count). The molecule has 80 valence electrons. The van der Waals surface area contributed by atoms with Crippen LogP contribution in [0.4, 0.5) is 18.9 Å². The predicted molar refractivity (Wildman–Crippen MR) is 44.4 cm³/mol. The smallest absolute Gasteiger partial charge is 0.281 e. The summed E-state index contributed by atoms with van der Waals surface area (Å²) in [6, 6.07) is 3.32. The molecule has 3 nitrogen and oxygen atoms in total. The van der Waals surface area contributed by atoms with Crippen LogP contribution in [-0.4, -0.2) is 11.1 Å². The van der Waals surface area contributed by atoms with E-state index in [0.29, 0.717) is 0 Å². The zero-order valence-electron chi connectivity index (χ0n) is 7.38. The van der Waals surface area contributed by atoms with Gasteiger partial charge in [0.25, 0.3) is 5.91 Å². The van der Waals surface area contributed by atoms with Crippen molar-refractivity contribution < 1.29 is 23.2 Å². The predicted octanol–water partition coefficient (Wildman–Crippen LogP) is 1.98. The number of rotatable bonds is 0. The van der Waals surface area contributed by atoms with Crippen molar-refractivity contribution in [3.63, 3.8) is 0 Å². The monoisotopic (exact) mass is 217 g/mol. The molecule has 1 amide bonds. The highest BCUT2D eigenvalue weighted by Gasteiger charge is 2.38. The quantitative estimate of drug-likeness (QED) is 0.675. The van der Waals surface area contributed by atoms with E-state index in [1.54, 1.807) is 0 Å². The van der Waals surface area contributed by atoms with Crippen molar-refractivity contribution in [3.8, 4) is 0 Å². The van der Waals surface area contributed by atoms with Gasteiger partial charge in [0.1, 0.15) is 0 Å². The highest BCUT2D eigenvalue weighted by Crippen LogP contribution is 2.39. The highest BCUT2D eigenvalue weighted by molar-refractivity contribution is 5.99. The molecule has 0 fully saturated rings. The SMILES string of the molecule is O=C1Cc2c(cccc2C(F)(F)F)N1O. The topological polar surface area (TPSA) is 40.5 Å². The van der Waals surface area contributed by atoms with E-state index >= 15 is 0 Å². The van der Waals surface area contributed by atoms with Gasteiger partial charge in [-0.3, -0.25) is 10.0 Å². The van der Waals surface area contributed by atoms with E-state index in [1.807, 2.05) is 0 Å². The van der Waals surface area contributed by atoms with Gasteiger partial charge in [-0.25, -0.2) is 0 Å². The first-order valence-electron chi connectivity index (χ1n) is 4.12. The van der Waals surface area contributed by atoms with Crippen LogP contribution in [0.2, 0.25) is 0 Å². The number of benzene rings is 1. The number of anilines is 1. The standard InChI is InChI=1S/C9H6F3NO2/c10-9(11,12)6-2-1-3-7-5(6)4-8(14)13(7)15/h1-3,15H,4H2. The number of alkyl halides is 3. The fourth-order valence-electron chi connectivity index (χ4n) is 1.58. The molecule has 0 radical (unpaired) electrons. The molecule has 0 atom stereocenters.